The van der Waals surface area contributed by atoms with Crippen molar-refractivity contribution in [3.63, 3.8) is 0 Å². The van der Waals surface area contributed by atoms with Crippen LogP contribution in [0.5, 0.6) is 0 Å². The Balaban J connectivity index is 1.81. The lowest BCUT2D eigenvalue weighted by Gasteiger charge is -2.32. The summed E-state index contributed by atoms with van der Waals surface area (Å²) in [6.07, 6.45) is 10.6. The summed E-state index contributed by atoms with van der Waals surface area (Å²) in [7, 11) is 0. The lowest BCUT2D eigenvalue weighted by Crippen LogP contribution is -2.46. The van der Waals surface area contributed by atoms with E-state index < -0.39 is 0 Å². The summed E-state index contributed by atoms with van der Waals surface area (Å²) in [6.45, 7) is 4.49. The zero-order valence-electron chi connectivity index (χ0n) is 13.0. The molecule has 3 atom stereocenters. The second-order valence-corrected chi connectivity index (χ2v) is 8.30. The molecule has 1 amide bonds. The van der Waals surface area contributed by atoms with Crippen LogP contribution in [-0.4, -0.2) is 40.1 Å². The minimum atomic E-state index is -0.202. The molecule has 0 aromatic heterocycles. The lowest BCUT2D eigenvalue weighted by molar-refractivity contribution is -0.135. The quantitative estimate of drug-likeness (QED) is 0.869. The van der Waals surface area contributed by atoms with Crippen LogP contribution in [0.1, 0.15) is 58.8 Å². The molecule has 2 saturated carbocycles. The first kappa shape index (κ1) is 14.7. The van der Waals surface area contributed by atoms with Gasteiger partial charge in [0.25, 0.3) is 0 Å². The van der Waals surface area contributed by atoms with Crippen LogP contribution in [0.15, 0.2) is 0 Å². The maximum Gasteiger partial charge on any atom is 0.244 e. The molecule has 4 heteroatoms. The van der Waals surface area contributed by atoms with E-state index in [9.17, 15) is 4.79 Å². The van der Waals surface area contributed by atoms with Crippen LogP contribution in [0.2, 0.25) is 0 Å². The maximum absolute atomic E-state index is 13.1. The Morgan fingerprint density at radius 3 is 2.55 bits per heavy atom. The summed E-state index contributed by atoms with van der Waals surface area (Å²) in [5, 5.41) is 4.50. The first-order chi connectivity index (χ1) is 9.57. The largest absolute Gasteiger partial charge is 0.322 e. The molecular formula is C16H28N2OS. The van der Waals surface area contributed by atoms with Gasteiger partial charge in [0, 0.05) is 11.3 Å². The molecule has 3 rings (SSSR count). The Kier molecular flexibility index (Phi) is 4.06. The van der Waals surface area contributed by atoms with Gasteiger partial charge in [-0.05, 0) is 44.3 Å². The minimum Gasteiger partial charge on any atom is -0.322 e. The number of carbonyl (C=O) groups is 1. The second-order valence-electron chi connectivity index (χ2n) is 7.16. The van der Waals surface area contributed by atoms with E-state index >= 15 is 0 Å². The fourth-order valence-corrected chi connectivity index (χ4v) is 5.18. The molecule has 0 aromatic rings. The average molecular weight is 296 g/mol. The molecular weight excluding hydrogens is 268 g/mol. The number of amides is 1. The van der Waals surface area contributed by atoms with Crippen LogP contribution in [0.25, 0.3) is 0 Å². The smallest absolute Gasteiger partial charge is 0.244 e. The van der Waals surface area contributed by atoms with Gasteiger partial charge in [0.1, 0.15) is 0 Å². The van der Waals surface area contributed by atoms with Gasteiger partial charge in [-0.25, -0.2) is 0 Å². The van der Waals surface area contributed by atoms with Crippen molar-refractivity contribution in [1.29, 1.82) is 0 Å². The normalized spacial score (nSPS) is 36.7. The number of hydrogen-bond donors (Lipinski definition) is 1. The van der Waals surface area contributed by atoms with E-state index in [4.69, 9.17) is 0 Å². The standard InChI is InChI=1S/C16H28N2OS/c1-11(2)14-17-16(8-4-5-9-16)15(19)18(14)12-6-7-13(10-12)20-3/h11-14,17H,4-10H2,1-3H3. The highest BCUT2D eigenvalue weighted by atomic mass is 32.2. The predicted octanol–water partition coefficient (Wildman–Crippen LogP) is 3.00. The van der Waals surface area contributed by atoms with E-state index in [0.717, 1.165) is 18.1 Å². The van der Waals surface area contributed by atoms with Crippen molar-refractivity contribution >= 4 is 17.7 Å². The van der Waals surface area contributed by atoms with Crippen molar-refractivity contribution in [3.05, 3.63) is 0 Å². The Hall–Kier alpha value is -0.220. The summed E-state index contributed by atoms with van der Waals surface area (Å²) in [5.74, 6) is 0.910. The van der Waals surface area contributed by atoms with E-state index in [-0.39, 0.29) is 11.7 Å². The van der Waals surface area contributed by atoms with Crippen LogP contribution in [0.4, 0.5) is 0 Å². The molecule has 3 nitrogen and oxygen atoms in total. The van der Waals surface area contributed by atoms with Gasteiger partial charge in [-0.2, -0.15) is 11.8 Å². The number of nitrogens with one attached hydrogen (secondary N) is 1. The fraction of sp³-hybridized carbons (Fsp3) is 0.938. The number of nitrogens with zero attached hydrogens (tertiary/aromatic N) is 1. The molecule has 3 unspecified atom stereocenters. The van der Waals surface area contributed by atoms with E-state index in [1.54, 1.807) is 0 Å². The third kappa shape index (κ3) is 2.29. The van der Waals surface area contributed by atoms with Crippen molar-refractivity contribution in [2.45, 2.75) is 81.8 Å². The molecule has 1 N–H and O–H groups in total. The third-order valence-corrected chi connectivity index (χ3v) is 6.63. The topological polar surface area (TPSA) is 32.3 Å². The highest BCUT2D eigenvalue weighted by Gasteiger charge is 2.55. The molecule has 3 fully saturated rings. The second kappa shape index (κ2) is 5.53. The molecule has 1 heterocycles. The Morgan fingerprint density at radius 2 is 2.00 bits per heavy atom. The monoisotopic (exact) mass is 296 g/mol. The van der Waals surface area contributed by atoms with Gasteiger partial charge in [0.15, 0.2) is 0 Å². The molecule has 2 aliphatic carbocycles. The molecule has 3 aliphatic rings. The van der Waals surface area contributed by atoms with Crippen LogP contribution in [0, 0.1) is 5.92 Å². The van der Waals surface area contributed by atoms with Gasteiger partial charge in [-0.1, -0.05) is 26.7 Å². The van der Waals surface area contributed by atoms with Gasteiger partial charge in [0.05, 0.1) is 11.7 Å². The summed E-state index contributed by atoms with van der Waals surface area (Å²) in [5.41, 5.74) is -0.202. The van der Waals surface area contributed by atoms with Crippen molar-refractivity contribution in [2.24, 2.45) is 5.92 Å². The highest BCUT2D eigenvalue weighted by Crippen LogP contribution is 2.42. The maximum atomic E-state index is 13.1. The molecule has 20 heavy (non-hydrogen) atoms. The van der Waals surface area contributed by atoms with Crippen LogP contribution in [0.3, 0.4) is 0 Å². The van der Waals surface area contributed by atoms with E-state index in [2.05, 4.69) is 30.3 Å². The molecule has 1 spiro atoms. The molecule has 1 aliphatic heterocycles. The van der Waals surface area contributed by atoms with Crippen molar-refractivity contribution < 1.29 is 4.79 Å². The van der Waals surface area contributed by atoms with Crippen molar-refractivity contribution in [3.8, 4) is 0 Å². The minimum absolute atomic E-state index is 0.202. The molecule has 114 valence electrons. The molecule has 1 saturated heterocycles. The number of thioether (sulfide) groups is 1. The van der Waals surface area contributed by atoms with Gasteiger partial charge in [0.2, 0.25) is 5.91 Å². The van der Waals surface area contributed by atoms with Crippen molar-refractivity contribution in [1.82, 2.24) is 10.2 Å². The van der Waals surface area contributed by atoms with E-state index in [1.807, 2.05) is 11.8 Å². The summed E-state index contributed by atoms with van der Waals surface area (Å²) in [6, 6.07) is 0.472. The van der Waals surface area contributed by atoms with Crippen molar-refractivity contribution in [2.75, 3.05) is 6.26 Å². The number of carbonyl (C=O) groups excluding carboxylic acids is 1. The zero-order valence-corrected chi connectivity index (χ0v) is 13.8. The third-order valence-electron chi connectivity index (χ3n) is 5.54. The first-order valence-electron chi connectivity index (χ1n) is 8.20. The summed E-state index contributed by atoms with van der Waals surface area (Å²) in [4.78, 5) is 15.3. The Morgan fingerprint density at radius 1 is 1.30 bits per heavy atom. The molecule has 0 aromatic carbocycles. The van der Waals surface area contributed by atoms with Crippen LogP contribution >= 0.6 is 11.8 Å². The summed E-state index contributed by atoms with van der Waals surface area (Å²) >= 11 is 1.97. The lowest BCUT2D eigenvalue weighted by atomic mass is 9.97. The molecule has 0 bridgehead atoms. The van der Waals surface area contributed by atoms with Gasteiger partial charge in [-0.3, -0.25) is 10.1 Å². The fourth-order valence-electron chi connectivity index (χ4n) is 4.39. The zero-order chi connectivity index (χ0) is 14.3. The summed E-state index contributed by atoms with van der Waals surface area (Å²) < 4.78 is 0. The van der Waals surface area contributed by atoms with Crippen LogP contribution in [-0.2, 0) is 4.79 Å². The SMILES string of the molecule is CSC1CCC(N2C(=O)C3(CCCC3)NC2C(C)C)C1. The predicted molar refractivity (Wildman–Crippen MR) is 84.7 cm³/mol. The Labute approximate surface area is 127 Å². The molecule has 0 radical (unpaired) electrons. The van der Waals surface area contributed by atoms with Gasteiger partial charge >= 0.3 is 0 Å². The first-order valence-corrected chi connectivity index (χ1v) is 9.49. The number of rotatable bonds is 3. The van der Waals surface area contributed by atoms with Gasteiger partial charge < -0.3 is 4.90 Å². The van der Waals surface area contributed by atoms with E-state index in [0.29, 0.717) is 17.9 Å². The van der Waals surface area contributed by atoms with Gasteiger partial charge in [-0.15, -0.1) is 0 Å². The average Bonchev–Trinajstić information content (AvgIpc) is 3.12. The Bertz CT molecular complexity index is 379. The van der Waals surface area contributed by atoms with Crippen LogP contribution < -0.4 is 5.32 Å². The number of hydrogen-bond acceptors (Lipinski definition) is 3. The highest BCUT2D eigenvalue weighted by molar-refractivity contribution is 7.99. The van der Waals surface area contributed by atoms with E-state index in [1.165, 1.54) is 32.1 Å².